The standard InChI is InChI=1S/C20H32N2O/c1-15(2)20(19(3,4)5)10-8-17(9-11-20)18(23)22-14-16-7-6-12-21-13-16/h6-7,12-13,15,17H,8-11,14H2,1-5H3,(H,22,23). The van der Waals surface area contributed by atoms with Crippen LogP contribution in [0.15, 0.2) is 24.5 Å². The van der Waals surface area contributed by atoms with Crippen molar-refractivity contribution in [1.82, 2.24) is 10.3 Å². The van der Waals surface area contributed by atoms with E-state index in [0.29, 0.717) is 23.3 Å². The first-order chi connectivity index (χ1) is 10.8. The highest BCUT2D eigenvalue weighted by Gasteiger charge is 2.47. The van der Waals surface area contributed by atoms with Gasteiger partial charge in [-0.15, -0.1) is 0 Å². The van der Waals surface area contributed by atoms with Crippen LogP contribution in [0.4, 0.5) is 0 Å². The second kappa shape index (κ2) is 7.02. The predicted molar refractivity (Wildman–Crippen MR) is 94.8 cm³/mol. The maximum absolute atomic E-state index is 12.5. The molecule has 1 fully saturated rings. The summed E-state index contributed by atoms with van der Waals surface area (Å²) in [4.78, 5) is 16.6. The van der Waals surface area contributed by atoms with E-state index in [-0.39, 0.29) is 11.8 Å². The number of nitrogens with one attached hydrogen (secondary N) is 1. The summed E-state index contributed by atoms with van der Waals surface area (Å²) in [7, 11) is 0. The number of carbonyl (C=O) groups excluding carboxylic acids is 1. The number of hydrogen-bond acceptors (Lipinski definition) is 2. The Morgan fingerprint density at radius 2 is 2.00 bits per heavy atom. The van der Waals surface area contributed by atoms with Crippen molar-refractivity contribution in [2.45, 2.75) is 66.8 Å². The third-order valence-corrected chi connectivity index (χ3v) is 6.04. The van der Waals surface area contributed by atoms with E-state index in [1.807, 2.05) is 18.3 Å². The molecule has 1 aromatic rings. The number of carbonyl (C=O) groups is 1. The first kappa shape index (κ1) is 18.0. The number of pyridine rings is 1. The van der Waals surface area contributed by atoms with Gasteiger partial charge in [-0.05, 0) is 54.1 Å². The van der Waals surface area contributed by atoms with Crippen molar-refractivity contribution in [3.05, 3.63) is 30.1 Å². The lowest BCUT2D eigenvalue weighted by molar-refractivity contribution is -0.128. The van der Waals surface area contributed by atoms with Crippen LogP contribution in [0, 0.1) is 22.7 Å². The summed E-state index contributed by atoms with van der Waals surface area (Å²) in [6.07, 6.45) is 7.88. The molecule has 1 heterocycles. The second-order valence-electron chi connectivity index (χ2n) is 8.41. The largest absolute Gasteiger partial charge is 0.352 e. The lowest BCUT2D eigenvalue weighted by atomic mass is 9.53. The van der Waals surface area contributed by atoms with Gasteiger partial charge in [0.25, 0.3) is 0 Å². The third kappa shape index (κ3) is 3.94. The van der Waals surface area contributed by atoms with Crippen molar-refractivity contribution in [1.29, 1.82) is 0 Å². The Hall–Kier alpha value is -1.38. The molecular formula is C20H32N2O. The van der Waals surface area contributed by atoms with Crippen LogP contribution >= 0.6 is 0 Å². The summed E-state index contributed by atoms with van der Waals surface area (Å²) in [6, 6.07) is 3.90. The zero-order valence-electron chi connectivity index (χ0n) is 15.4. The number of amides is 1. The minimum Gasteiger partial charge on any atom is -0.352 e. The van der Waals surface area contributed by atoms with E-state index in [9.17, 15) is 4.79 Å². The number of aromatic nitrogens is 1. The number of rotatable bonds is 4. The molecule has 0 radical (unpaired) electrons. The fourth-order valence-electron chi connectivity index (χ4n) is 4.42. The first-order valence-corrected chi connectivity index (χ1v) is 8.93. The minimum atomic E-state index is 0.167. The van der Waals surface area contributed by atoms with Gasteiger partial charge >= 0.3 is 0 Å². The van der Waals surface area contributed by atoms with Crippen LogP contribution in [0.2, 0.25) is 0 Å². The third-order valence-electron chi connectivity index (χ3n) is 6.04. The van der Waals surface area contributed by atoms with Gasteiger partial charge in [0.1, 0.15) is 0 Å². The summed E-state index contributed by atoms with van der Waals surface area (Å²) >= 11 is 0. The first-order valence-electron chi connectivity index (χ1n) is 8.93. The SMILES string of the molecule is CC(C)C1(C(C)(C)C)CCC(C(=O)NCc2cccnc2)CC1. The molecule has 1 aliphatic carbocycles. The van der Waals surface area contributed by atoms with Gasteiger partial charge in [0.2, 0.25) is 5.91 Å². The van der Waals surface area contributed by atoms with E-state index in [2.05, 4.69) is 44.9 Å². The zero-order chi connectivity index (χ0) is 17.1. The molecule has 0 aliphatic heterocycles. The average molecular weight is 316 g/mol. The summed E-state index contributed by atoms with van der Waals surface area (Å²) in [5.74, 6) is 1.03. The molecule has 3 heteroatoms. The van der Waals surface area contributed by atoms with Crippen molar-refractivity contribution < 1.29 is 4.79 Å². The molecule has 23 heavy (non-hydrogen) atoms. The van der Waals surface area contributed by atoms with E-state index in [1.54, 1.807) is 6.20 Å². The van der Waals surface area contributed by atoms with Gasteiger partial charge in [0.05, 0.1) is 0 Å². The monoisotopic (exact) mass is 316 g/mol. The smallest absolute Gasteiger partial charge is 0.223 e. The Morgan fingerprint density at radius 3 is 2.48 bits per heavy atom. The number of nitrogens with zero attached hydrogens (tertiary/aromatic N) is 1. The van der Waals surface area contributed by atoms with Crippen LogP contribution in [0.5, 0.6) is 0 Å². The van der Waals surface area contributed by atoms with Crippen LogP contribution < -0.4 is 5.32 Å². The topological polar surface area (TPSA) is 42.0 Å². The molecule has 0 atom stereocenters. The Bertz CT molecular complexity index is 508. The lowest BCUT2D eigenvalue weighted by Gasteiger charge is -2.52. The molecule has 1 saturated carbocycles. The van der Waals surface area contributed by atoms with E-state index in [1.165, 1.54) is 0 Å². The maximum Gasteiger partial charge on any atom is 0.223 e. The van der Waals surface area contributed by atoms with E-state index in [4.69, 9.17) is 0 Å². The molecule has 1 amide bonds. The van der Waals surface area contributed by atoms with Gasteiger partial charge < -0.3 is 5.32 Å². The molecule has 1 aliphatic rings. The maximum atomic E-state index is 12.5. The van der Waals surface area contributed by atoms with Gasteiger partial charge in [-0.3, -0.25) is 9.78 Å². The number of hydrogen-bond donors (Lipinski definition) is 1. The molecule has 3 nitrogen and oxygen atoms in total. The Kier molecular flexibility index (Phi) is 5.49. The predicted octanol–water partition coefficient (Wildman–Crippen LogP) is 4.58. The molecule has 1 aromatic heterocycles. The molecule has 0 saturated heterocycles. The summed E-state index contributed by atoms with van der Waals surface area (Å²) < 4.78 is 0. The van der Waals surface area contributed by atoms with Gasteiger partial charge in [-0.25, -0.2) is 0 Å². The van der Waals surface area contributed by atoms with E-state index in [0.717, 1.165) is 31.2 Å². The van der Waals surface area contributed by atoms with Crippen molar-refractivity contribution in [3.8, 4) is 0 Å². The summed E-state index contributed by atoms with van der Waals surface area (Å²) in [5, 5.41) is 3.09. The van der Waals surface area contributed by atoms with Crippen LogP contribution in [0.1, 0.15) is 65.9 Å². The second-order valence-corrected chi connectivity index (χ2v) is 8.41. The van der Waals surface area contributed by atoms with Gasteiger partial charge in [-0.2, -0.15) is 0 Å². The Balaban J connectivity index is 1.92. The van der Waals surface area contributed by atoms with Gasteiger partial charge in [-0.1, -0.05) is 40.7 Å². The average Bonchev–Trinajstić information content (AvgIpc) is 2.52. The minimum absolute atomic E-state index is 0.167. The molecule has 0 unspecified atom stereocenters. The molecule has 1 N–H and O–H groups in total. The Labute approximate surface area is 141 Å². The zero-order valence-corrected chi connectivity index (χ0v) is 15.4. The fourth-order valence-corrected chi connectivity index (χ4v) is 4.42. The summed E-state index contributed by atoms with van der Waals surface area (Å²) in [5.41, 5.74) is 1.70. The summed E-state index contributed by atoms with van der Waals surface area (Å²) in [6.45, 7) is 12.3. The quantitative estimate of drug-likeness (QED) is 0.883. The highest BCUT2D eigenvalue weighted by Crippen LogP contribution is 2.55. The lowest BCUT2D eigenvalue weighted by Crippen LogP contribution is -2.45. The molecular weight excluding hydrogens is 284 g/mol. The molecule has 128 valence electrons. The van der Waals surface area contributed by atoms with Crippen molar-refractivity contribution >= 4 is 5.91 Å². The van der Waals surface area contributed by atoms with Crippen LogP contribution in [0.3, 0.4) is 0 Å². The van der Waals surface area contributed by atoms with E-state index < -0.39 is 0 Å². The molecule has 2 rings (SSSR count). The van der Waals surface area contributed by atoms with Gasteiger partial charge in [0, 0.05) is 24.9 Å². The highest BCUT2D eigenvalue weighted by atomic mass is 16.1. The van der Waals surface area contributed by atoms with Crippen LogP contribution in [-0.4, -0.2) is 10.9 Å². The molecule has 0 aromatic carbocycles. The van der Waals surface area contributed by atoms with Crippen LogP contribution in [-0.2, 0) is 11.3 Å². The van der Waals surface area contributed by atoms with Crippen molar-refractivity contribution in [3.63, 3.8) is 0 Å². The Morgan fingerprint density at radius 1 is 1.35 bits per heavy atom. The van der Waals surface area contributed by atoms with E-state index >= 15 is 0 Å². The van der Waals surface area contributed by atoms with Crippen molar-refractivity contribution in [2.75, 3.05) is 0 Å². The normalized spacial score (nSPS) is 25.4. The van der Waals surface area contributed by atoms with Crippen LogP contribution in [0.25, 0.3) is 0 Å². The molecule has 0 bridgehead atoms. The fraction of sp³-hybridized carbons (Fsp3) is 0.700. The van der Waals surface area contributed by atoms with Gasteiger partial charge in [0.15, 0.2) is 0 Å². The highest BCUT2D eigenvalue weighted by molar-refractivity contribution is 5.78. The molecule has 0 spiro atoms. The van der Waals surface area contributed by atoms with Crippen molar-refractivity contribution in [2.24, 2.45) is 22.7 Å².